The topological polar surface area (TPSA) is 55.4 Å². The summed E-state index contributed by atoms with van der Waals surface area (Å²) in [7, 11) is 0. The summed E-state index contributed by atoms with van der Waals surface area (Å²) in [4.78, 5) is 25.3. The Morgan fingerprint density at radius 1 is 1.11 bits per heavy atom. The van der Waals surface area contributed by atoms with Crippen molar-refractivity contribution < 1.29 is 14.3 Å². The van der Waals surface area contributed by atoms with Crippen molar-refractivity contribution in [3.63, 3.8) is 0 Å². The number of benzene rings is 1. The van der Waals surface area contributed by atoms with Gasteiger partial charge >= 0.3 is 5.97 Å². The molecule has 1 N–H and O–H groups in total. The monoisotopic (exact) mass is 369 g/mol. The van der Waals surface area contributed by atoms with E-state index in [1.165, 1.54) is 19.3 Å². The van der Waals surface area contributed by atoms with Crippen molar-refractivity contribution in [2.45, 2.75) is 64.7 Å². The average molecular weight is 370 g/mol. The highest BCUT2D eigenvalue weighted by atomic mass is 16.5. The molecule has 1 aromatic rings. The molecule has 0 heterocycles. The second-order valence-corrected chi connectivity index (χ2v) is 9.22. The number of rotatable bonds is 6. The lowest BCUT2D eigenvalue weighted by Crippen LogP contribution is -2.50. The van der Waals surface area contributed by atoms with Crippen LogP contribution in [0.2, 0.25) is 0 Å². The Balaban J connectivity index is 1.36. The molecule has 27 heavy (non-hydrogen) atoms. The summed E-state index contributed by atoms with van der Waals surface area (Å²) in [5.74, 6) is 2.08. The van der Waals surface area contributed by atoms with Crippen molar-refractivity contribution in [2.75, 3.05) is 11.9 Å². The summed E-state index contributed by atoms with van der Waals surface area (Å²) in [6, 6.07) is 7.87. The van der Waals surface area contributed by atoms with E-state index in [1.54, 1.807) is 0 Å². The smallest absolute Gasteiger partial charge is 0.312 e. The number of carbonyl (C=O) groups is 2. The molecule has 5 rings (SSSR count). The zero-order valence-corrected chi connectivity index (χ0v) is 16.5. The minimum atomic E-state index is -0.302. The van der Waals surface area contributed by atoms with Gasteiger partial charge < -0.3 is 10.1 Å². The highest BCUT2D eigenvalue weighted by Gasteiger charge is 2.55. The normalized spacial score (nSPS) is 32.1. The quantitative estimate of drug-likeness (QED) is 0.726. The van der Waals surface area contributed by atoms with Crippen LogP contribution >= 0.6 is 0 Å². The van der Waals surface area contributed by atoms with E-state index in [1.807, 2.05) is 24.3 Å². The first-order valence-electron chi connectivity index (χ1n) is 10.5. The van der Waals surface area contributed by atoms with E-state index in [0.717, 1.165) is 36.9 Å². The summed E-state index contributed by atoms with van der Waals surface area (Å²) in [6.07, 6.45) is 7.79. The number of esters is 1. The fourth-order valence-electron chi connectivity index (χ4n) is 6.09. The third kappa shape index (κ3) is 3.63. The second-order valence-electron chi connectivity index (χ2n) is 9.22. The Kier molecular flexibility index (Phi) is 5.00. The zero-order chi connectivity index (χ0) is 19.0. The van der Waals surface area contributed by atoms with Crippen LogP contribution in [-0.4, -0.2) is 18.5 Å². The predicted octanol–water partition coefficient (Wildman–Crippen LogP) is 4.90. The van der Waals surface area contributed by atoms with Gasteiger partial charge in [-0.25, -0.2) is 0 Å². The molecule has 1 aromatic carbocycles. The highest BCUT2D eigenvalue weighted by molar-refractivity contribution is 5.94. The summed E-state index contributed by atoms with van der Waals surface area (Å²) >= 11 is 0. The first-order valence-corrected chi connectivity index (χ1v) is 10.5. The van der Waals surface area contributed by atoms with E-state index < -0.39 is 0 Å². The zero-order valence-electron chi connectivity index (χ0n) is 16.5. The molecule has 0 radical (unpaired) electrons. The standard InChI is InChI=1S/C23H31NO3/c1-3-15(2)19-6-4-5-7-20(19)24-21(25)14-27-22(26)23-11-16-8-17(12-23)10-18(9-16)13-23/h4-7,15-18H,3,8-14H2,1-2H3,(H,24,25)/t15-,16?,17?,18?,23?/m0/s1. The molecule has 4 bridgehead atoms. The van der Waals surface area contributed by atoms with E-state index >= 15 is 0 Å². The van der Waals surface area contributed by atoms with Crippen LogP contribution in [0.4, 0.5) is 5.69 Å². The maximum atomic E-state index is 12.9. The van der Waals surface area contributed by atoms with Gasteiger partial charge in [0.05, 0.1) is 5.41 Å². The van der Waals surface area contributed by atoms with Crippen LogP contribution in [0, 0.1) is 23.2 Å². The van der Waals surface area contributed by atoms with Gasteiger partial charge in [-0.2, -0.15) is 0 Å². The SMILES string of the molecule is CC[C@H](C)c1ccccc1NC(=O)COC(=O)C12CC3CC(CC(C3)C1)C2. The van der Waals surface area contributed by atoms with Crippen molar-refractivity contribution >= 4 is 17.6 Å². The predicted molar refractivity (Wildman–Crippen MR) is 105 cm³/mol. The molecule has 4 aliphatic carbocycles. The number of anilines is 1. The van der Waals surface area contributed by atoms with Crippen LogP contribution in [0.3, 0.4) is 0 Å². The van der Waals surface area contributed by atoms with Crippen LogP contribution in [0.5, 0.6) is 0 Å². The molecule has 4 aliphatic rings. The van der Waals surface area contributed by atoms with Crippen LogP contribution in [0.1, 0.15) is 70.3 Å². The second kappa shape index (κ2) is 7.29. The van der Waals surface area contributed by atoms with E-state index in [0.29, 0.717) is 23.7 Å². The van der Waals surface area contributed by atoms with Gasteiger partial charge in [-0.3, -0.25) is 9.59 Å². The fourth-order valence-corrected chi connectivity index (χ4v) is 6.09. The largest absolute Gasteiger partial charge is 0.455 e. The molecule has 0 aromatic heterocycles. The van der Waals surface area contributed by atoms with Gasteiger partial charge in [-0.1, -0.05) is 32.0 Å². The Hall–Kier alpha value is -1.84. The Labute approximate surface area is 162 Å². The maximum Gasteiger partial charge on any atom is 0.312 e. The molecule has 1 amide bonds. The Morgan fingerprint density at radius 2 is 1.70 bits per heavy atom. The molecule has 0 unspecified atom stereocenters. The van der Waals surface area contributed by atoms with E-state index in [4.69, 9.17) is 4.74 Å². The fraction of sp³-hybridized carbons (Fsp3) is 0.652. The Bertz CT molecular complexity index is 691. The van der Waals surface area contributed by atoms with Crippen molar-refractivity contribution in [2.24, 2.45) is 23.2 Å². The number of hydrogen-bond donors (Lipinski definition) is 1. The first-order chi connectivity index (χ1) is 13.0. The number of para-hydroxylation sites is 1. The van der Waals surface area contributed by atoms with Crippen molar-refractivity contribution in [1.29, 1.82) is 0 Å². The van der Waals surface area contributed by atoms with Gasteiger partial charge in [0.25, 0.3) is 5.91 Å². The summed E-state index contributed by atoms with van der Waals surface area (Å²) in [5.41, 5.74) is 1.65. The molecular formula is C23H31NO3. The van der Waals surface area contributed by atoms with Crippen LogP contribution in [-0.2, 0) is 14.3 Å². The molecule has 146 valence electrons. The van der Waals surface area contributed by atoms with Gasteiger partial charge in [-0.15, -0.1) is 0 Å². The van der Waals surface area contributed by atoms with E-state index in [2.05, 4.69) is 19.2 Å². The maximum absolute atomic E-state index is 12.9. The average Bonchev–Trinajstić information content (AvgIpc) is 2.65. The van der Waals surface area contributed by atoms with Gasteiger partial charge in [0.2, 0.25) is 0 Å². The van der Waals surface area contributed by atoms with Gasteiger partial charge in [0, 0.05) is 5.69 Å². The lowest BCUT2D eigenvalue weighted by atomic mass is 9.49. The molecule has 0 saturated heterocycles. The van der Waals surface area contributed by atoms with Crippen LogP contribution in [0.25, 0.3) is 0 Å². The van der Waals surface area contributed by atoms with Gasteiger partial charge in [0.15, 0.2) is 6.61 Å². The Morgan fingerprint density at radius 3 is 2.30 bits per heavy atom. The molecule has 4 fully saturated rings. The minimum absolute atomic E-state index is 0.132. The number of carbonyl (C=O) groups excluding carboxylic acids is 2. The number of amides is 1. The first kappa shape index (κ1) is 18.5. The van der Waals surface area contributed by atoms with E-state index in [-0.39, 0.29) is 23.9 Å². The van der Waals surface area contributed by atoms with Crippen LogP contribution < -0.4 is 5.32 Å². The molecule has 0 aliphatic heterocycles. The molecular weight excluding hydrogens is 338 g/mol. The third-order valence-electron chi connectivity index (χ3n) is 7.18. The van der Waals surface area contributed by atoms with Crippen molar-refractivity contribution in [3.05, 3.63) is 29.8 Å². The van der Waals surface area contributed by atoms with Crippen molar-refractivity contribution in [3.8, 4) is 0 Å². The summed E-state index contributed by atoms with van der Waals surface area (Å²) < 4.78 is 5.54. The van der Waals surface area contributed by atoms with Crippen molar-refractivity contribution in [1.82, 2.24) is 0 Å². The van der Waals surface area contributed by atoms with E-state index in [9.17, 15) is 9.59 Å². The lowest BCUT2D eigenvalue weighted by molar-refractivity contribution is -0.172. The lowest BCUT2D eigenvalue weighted by Gasteiger charge is -2.55. The minimum Gasteiger partial charge on any atom is -0.455 e. The number of ether oxygens (including phenoxy) is 1. The molecule has 4 nitrogen and oxygen atoms in total. The summed E-state index contributed by atoms with van der Waals surface area (Å²) in [6.45, 7) is 4.10. The molecule has 1 atom stereocenters. The highest BCUT2D eigenvalue weighted by Crippen LogP contribution is 2.60. The third-order valence-corrected chi connectivity index (χ3v) is 7.18. The summed E-state index contributed by atoms with van der Waals surface area (Å²) in [5, 5.41) is 2.94. The molecule has 4 heteroatoms. The van der Waals surface area contributed by atoms with Crippen LogP contribution in [0.15, 0.2) is 24.3 Å². The van der Waals surface area contributed by atoms with Gasteiger partial charge in [-0.05, 0) is 80.2 Å². The molecule has 0 spiro atoms. The number of nitrogens with one attached hydrogen (secondary N) is 1. The van der Waals surface area contributed by atoms with Gasteiger partial charge in [0.1, 0.15) is 0 Å². The molecule has 4 saturated carbocycles. The number of hydrogen-bond acceptors (Lipinski definition) is 3.